The van der Waals surface area contributed by atoms with Crippen molar-refractivity contribution in [1.29, 1.82) is 0 Å². The van der Waals surface area contributed by atoms with Crippen molar-refractivity contribution in [3.05, 3.63) is 58.7 Å². The van der Waals surface area contributed by atoms with Crippen LogP contribution in [0.4, 0.5) is 0 Å². The number of amides is 1. The minimum absolute atomic E-state index is 0.0867. The fraction of sp³-hybridized carbons (Fsp3) is 0.292. The lowest BCUT2D eigenvalue weighted by atomic mass is 9.98. The van der Waals surface area contributed by atoms with E-state index in [0.717, 1.165) is 27.7 Å². The number of rotatable bonds is 6. The highest BCUT2D eigenvalue weighted by Crippen LogP contribution is 2.39. The summed E-state index contributed by atoms with van der Waals surface area (Å²) in [4.78, 5) is 17.3. The van der Waals surface area contributed by atoms with Crippen LogP contribution in [0.15, 0.2) is 47.6 Å². The molecule has 0 saturated heterocycles. The Hall–Kier alpha value is -3.32. The van der Waals surface area contributed by atoms with Gasteiger partial charge in [-0.25, -0.2) is 9.99 Å². The molecule has 0 aliphatic carbocycles. The van der Waals surface area contributed by atoms with Crippen molar-refractivity contribution >= 4 is 34.1 Å². The maximum Gasteiger partial charge on any atom is 0.242 e. The van der Waals surface area contributed by atoms with Gasteiger partial charge in [-0.3, -0.25) is 4.79 Å². The number of hydrogen-bond donors (Lipinski definition) is 0. The second-order valence-electron chi connectivity index (χ2n) is 7.36. The van der Waals surface area contributed by atoms with Gasteiger partial charge in [0.15, 0.2) is 11.5 Å². The van der Waals surface area contributed by atoms with E-state index in [-0.39, 0.29) is 11.9 Å². The first-order valence-corrected chi connectivity index (χ1v) is 10.6. The number of carbonyl (C=O) groups is 1. The lowest BCUT2D eigenvalue weighted by Crippen LogP contribution is -2.26. The fourth-order valence-corrected chi connectivity index (χ4v) is 4.11. The molecule has 0 spiro atoms. The van der Waals surface area contributed by atoms with Crippen molar-refractivity contribution in [2.24, 2.45) is 5.10 Å². The van der Waals surface area contributed by atoms with Crippen LogP contribution < -0.4 is 14.2 Å². The summed E-state index contributed by atoms with van der Waals surface area (Å²) in [5.74, 6) is 1.85. The molecule has 0 saturated carbocycles. The molecule has 0 bridgehead atoms. The van der Waals surface area contributed by atoms with E-state index < -0.39 is 0 Å². The maximum atomic E-state index is 12.8. The van der Waals surface area contributed by atoms with Gasteiger partial charge in [0.1, 0.15) is 10.9 Å². The van der Waals surface area contributed by atoms with E-state index in [1.165, 1.54) is 5.01 Å². The number of halogens is 1. The Morgan fingerprint density at radius 3 is 2.53 bits per heavy atom. The highest BCUT2D eigenvalue weighted by molar-refractivity contribution is 6.30. The smallest absolute Gasteiger partial charge is 0.242 e. The van der Waals surface area contributed by atoms with Crippen LogP contribution in [-0.2, 0) is 4.79 Å². The van der Waals surface area contributed by atoms with E-state index in [0.29, 0.717) is 35.2 Å². The van der Waals surface area contributed by atoms with E-state index in [1.807, 2.05) is 49.4 Å². The summed E-state index contributed by atoms with van der Waals surface area (Å²) in [6, 6.07) is 12.9. The monoisotopic (exact) mass is 453 g/mol. The summed E-state index contributed by atoms with van der Waals surface area (Å²) in [6.07, 6.45) is 0.833. The second kappa shape index (κ2) is 9.04. The predicted octanol–water partition coefficient (Wildman–Crippen LogP) is 5.00. The Morgan fingerprint density at radius 1 is 1.06 bits per heavy atom. The first-order chi connectivity index (χ1) is 15.5. The van der Waals surface area contributed by atoms with Gasteiger partial charge in [-0.05, 0) is 36.4 Å². The zero-order chi connectivity index (χ0) is 22.8. The molecule has 166 valence electrons. The third-order valence-corrected chi connectivity index (χ3v) is 5.85. The lowest BCUT2D eigenvalue weighted by molar-refractivity contribution is -0.132. The van der Waals surface area contributed by atoms with Gasteiger partial charge in [-0.1, -0.05) is 18.5 Å². The molecule has 1 aliphatic rings. The van der Waals surface area contributed by atoms with Gasteiger partial charge >= 0.3 is 0 Å². The highest BCUT2D eigenvalue weighted by Gasteiger charge is 2.34. The van der Waals surface area contributed by atoms with E-state index in [4.69, 9.17) is 25.8 Å². The SMILES string of the molecule is CCC(=O)N1N=C(c2ccc(OC)c(OC)c2)CC1c1cc2ccc(OC)cc2nc1Cl. The minimum Gasteiger partial charge on any atom is -0.497 e. The molecule has 1 unspecified atom stereocenters. The Kier molecular flexibility index (Phi) is 6.19. The molecule has 3 aromatic rings. The van der Waals surface area contributed by atoms with E-state index >= 15 is 0 Å². The molecule has 2 aromatic carbocycles. The van der Waals surface area contributed by atoms with Gasteiger partial charge in [-0.15, -0.1) is 0 Å². The molecule has 1 aromatic heterocycles. The predicted molar refractivity (Wildman–Crippen MR) is 124 cm³/mol. The Labute approximate surface area is 191 Å². The Morgan fingerprint density at radius 2 is 1.84 bits per heavy atom. The number of methoxy groups -OCH3 is 3. The van der Waals surface area contributed by atoms with Crippen molar-refractivity contribution in [3.63, 3.8) is 0 Å². The standard InChI is InChI=1S/C24H24ClN3O4/c1-5-23(29)28-20(13-19(27-28)15-7-9-21(31-3)22(11-15)32-4)17-10-14-6-8-16(30-2)12-18(14)26-24(17)25/h6-12,20H,5,13H2,1-4H3. The number of ether oxygens (including phenoxy) is 3. The fourth-order valence-electron chi connectivity index (χ4n) is 3.84. The van der Waals surface area contributed by atoms with Crippen molar-refractivity contribution in [1.82, 2.24) is 9.99 Å². The van der Waals surface area contributed by atoms with Crippen LogP contribution in [0.2, 0.25) is 5.15 Å². The molecule has 8 heteroatoms. The number of fused-ring (bicyclic) bond motifs is 1. The zero-order valence-electron chi connectivity index (χ0n) is 18.4. The summed E-state index contributed by atoms with van der Waals surface area (Å²) >= 11 is 6.60. The summed E-state index contributed by atoms with van der Waals surface area (Å²) < 4.78 is 16.0. The normalized spacial score (nSPS) is 15.6. The average Bonchev–Trinajstić information content (AvgIpc) is 3.27. The molecule has 1 amide bonds. The molecule has 0 N–H and O–H groups in total. The molecule has 4 rings (SSSR count). The third-order valence-electron chi connectivity index (χ3n) is 5.55. The van der Waals surface area contributed by atoms with Crippen molar-refractivity contribution < 1.29 is 19.0 Å². The summed E-state index contributed by atoms with van der Waals surface area (Å²) in [7, 11) is 4.78. The minimum atomic E-state index is -0.350. The molecule has 1 atom stereocenters. The highest BCUT2D eigenvalue weighted by atomic mass is 35.5. The van der Waals surface area contributed by atoms with Crippen LogP contribution in [0, 0.1) is 0 Å². The van der Waals surface area contributed by atoms with Gasteiger partial charge in [0.25, 0.3) is 0 Å². The van der Waals surface area contributed by atoms with Crippen molar-refractivity contribution in [3.8, 4) is 17.2 Å². The molecule has 2 heterocycles. The Balaban J connectivity index is 1.75. The van der Waals surface area contributed by atoms with Gasteiger partial charge in [-0.2, -0.15) is 5.10 Å². The van der Waals surface area contributed by atoms with Gasteiger partial charge < -0.3 is 14.2 Å². The molecule has 32 heavy (non-hydrogen) atoms. The number of aromatic nitrogens is 1. The summed E-state index contributed by atoms with van der Waals surface area (Å²) in [5.41, 5.74) is 3.10. The van der Waals surface area contributed by atoms with Crippen LogP contribution >= 0.6 is 11.6 Å². The van der Waals surface area contributed by atoms with Crippen LogP contribution in [0.1, 0.15) is 36.9 Å². The first-order valence-electron chi connectivity index (χ1n) is 10.2. The number of carbonyl (C=O) groups excluding carboxylic acids is 1. The van der Waals surface area contributed by atoms with Crippen LogP contribution in [0.25, 0.3) is 10.9 Å². The van der Waals surface area contributed by atoms with Crippen LogP contribution in [0.3, 0.4) is 0 Å². The molecular weight excluding hydrogens is 430 g/mol. The molecule has 7 nitrogen and oxygen atoms in total. The summed E-state index contributed by atoms with van der Waals surface area (Å²) in [5, 5.41) is 7.43. The maximum absolute atomic E-state index is 12.8. The number of benzene rings is 2. The van der Waals surface area contributed by atoms with Crippen molar-refractivity contribution in [2.45, 2.75) is 25.8 Å². The summed E-state index contributed by atoms with van der Waals surface area (Å²) in [6.45, 7) is 1.82. The van der Waals surface area contributed by atoms with Crippen LogP contribution in [0.5, 0.6) is 17.2 Å². The second-order valence-corrected chi connectivity index (χ2v) is 7.71. The number of nitrogens with zero attached hydrogens (tertiary/aromatic N) is 3. The Bertz CT molecular complexity index is 1210. The van der Waals surface area contributed by atoms with Crippen LogP contribution in [-0.4, -0.2) is 42.9 Å². The topological polar surface area (TPSA) is 73.3 Å². The van der Waals surface area contributed by atoms with E-state index in [1.54, 1.807) is 21.3 Å². The van der Waals surface area contributed by atoms with Gasteiger partial charge in [0.2, 0.25) is 5.91 Å². The van der Waals surface area contributed by atoms with Gasteiger partial charge in [0, 0.05) is 35.4 Å². The number of hydrogen-bond acceptors (Lipinski definition) is 6. The first kappa shape index (κ1) is 21.9. The third kappa shape index (κ3) is 3.96. The van der Waals surface area contributed by atoms with E-state index in [9.17, 15) is 4.79 Å². The molecule has 0 fully saturated rings. The van der Waals surface area contributed by atoms with E-state index in [2.05, 4.69) is 10.1 Å². The van der Waals surface area contributed by atoms with Crippen molar-refractivity contribution in [2.75, 3.05) is 21.3 Å². The average molecular weight is 454 g/mol. The molecule has 0 radical (unpaired) electrons. The van der Waals surface area contributed by atoms with Gasteiger partial charge in [0.05, 0.1) is 38.6 Å². The zero-order valence-corrected chi connectivity index (χ0v) is 19.1. The number of hydrazone groups is 1. The quantitative estimate of drug-likeness (QED) is 0.491. The largest absolute Gasteiger partial charge is 0.497 e. The molecule has 1 aliphatic heterocycles. The molecular formula is C24H24ClN3O4. The lowest BCUT2D eigenvalue weighted by Gasteiger charge is -2.22. The number of pyridine rings is 1.